The summed E-state index contributed by atoms with van der Waals surface area (Å²) >= 11 is 0. The maximum atomic E-state index is 7.08. The fourth-order valence-electron chi connectivity index (χ4n) is 2.61. The molecule has 0 aromatic heterocycles. The molecule has 0 spiro atoms. The third-order valence-corrected chi connectivity index (χ3v) is 3.52. The van der Waals surface area contributed by atoms with Gasteiger partial charge in [-0.15, -0.1) is 81.2 Å². The van der Waals surface area contributed by atoms with Crippen molar-refractivity contribution < 1.29 is 39.9 Å². The molecule has 0 amide bonds. The van der Waals surface area contributed by atoms with Gasteiger partial charge in [0.1, 0.15) is 0 Å². The molecule has 0 radical (unpaired) electrons. The van der Waals surface area contributed by atoms with Crippen LogP contribution in [0.2, 0.25) is 39.3 Å². The van der Waals surface area contributed by atoms with Crippen molar-refractivity contribution in [2.75, 3.05) is 0 Å². The molecule has 0 fully saturated rings. The minimum atomic E-state index is -1.36. The predicted molar refractivity (Wildman–Crippen MR) is 144 cm³/mol. The van der Waals surface area contributed by atoms with Crippen molar-refractivity contribution in [1.82, 2.24) is 0 Å². The quantitative estimate of drug-likeness (QED) is 0.144. The van der Waals surface area contributed by atoms with Crippen molar-refractivity contribution in [1.29, 1.82) is 0 Å². The zero-order chi connectivity index (χ0) is 22.9. The first-order valence-corrected chi connectivity index (χ1v) is 17.5. The Labute approximate surface area is 224 Å². The molecule has 0 bridgehead atoms. The van der Waals surface area contributed by atoms with Gasteiger partial charge in [0.05, 0.1) is 0 Å². The molecule has 31 heavy (non-hydrogen) atoms. The standard InChI is InChI=1S/2C10H9.2C3H10NSi.Gd/c2*1-8-6-9-4-2-3-5-10(9)7-8;2*1-5(2,3)4;/h2*2-7H,1H3;2*4H,1-3H3;/q4*-1;+2. The van der Waals surface area contributed by atoms with E-state index < -0.39 is 16.5 Å². The molecule has 0 unspecified atom stereocenters. The molecule has 5 heteroatoms. The van der Waals surface area contributed by atoms with Crippen LogP contribution in [0.5, 0.6) is 0 Å². The predicted octanol–water partition coefficient (Wildman–Crippen LogP) is 9.48. The monoisotopic (exact) mass is 592 g/mol. The van der Waals surface area contributed by atoms with Crippen LogP contribution in [0.1, 0.15) is 11.1 Å². The molecule has 4 rings (SSSR count). The van der Waals surface area contributed by atoms with E-state index in [9.17, 15) is 0 Å². The van der Waals surface area contributed by atoms with E-state index in [1.807, 2.05) is 39.3 Å². The summed E-state index contributed by atoms with van der Waals surface area (Å²) in [5.41, 5.74) is 2.70. The third-order valence-electron chi connectivity index (χ3n) is 3.52. The first-order valence-electron chi connectivity index (χ1n) is 10.5. The van der Waals surface area contributed by atoms with E-state index in [0.717, 1.165) is 0 Å². The van der Waals surface area contributed by atoms with Crippen molar-refractivity contribution in [2.45, 2.75) is 53.1 Å². The van der Waals surface area contributed by atoms with Gasteiger partial charge in [-0.2, -0.15) is 12.1 Å². The van der Waals surface area contributed by atoms with Crippen LogP contribution in [0, 0.1) is 53.8 Å². The first-order chi connectivity index (χ1) is 13.7. The van der Waals surface area contributed by atoms with Crippen LogP contribution < -0.4 is 0 Å². The molecule has 4 aromatic carbocycles. The normalized spacial score (nSPS) is 10.6. The summed E-state index contributed by atoms with van der Waals surface area (Å²) in [5, 5.41) is 19.5. The van der Waals surface area contributed by atoms with Crippen molar-refractivity contribution in [3.63, 3.8) is 0 Å². The number of rotatable bonds is 0. The van der Waals surface area contributed by atoms with Crippen LogP contribution in [0.15, 0.2) is 72.8 Å². The summed E-state index contributed by atoms with van der Waals surface area (Å²) in [6.07, 6.45) is 0. The summed E-state index contributed by atoms with van der Waals surface area (Å²) in [5.74, 6) is 0. The smallest absolute Gasteiger partial charge is 0.680 e. The number of benzene rings is 2. The molecule has 0 aliphatic rings. The van der Waals surface area contributed by atoms with E-state index >= 15 is 0 Å². The fraction of sp³-hybridized carbons (Fsp3) is 0.308. The molecule has 0 aliphatic carbocycles. The summed E-state index contributed by atoms with van der Waals surface area (Å²) in [4.78, 5) is 0. The summed E-state index contributed by atoms with van der Waals surface area (Å²) < 4.78 is 0. The van der Waals surface area contributed by atoms with Gasteiger partial charge in [0, 0.05) is 0 Å². The van der Waals surface area contributed by atoms with Crippen molar-refractivity contribution >= 4 is 38.0 Å². The van der Waals surface area contributed by atoms with Gasteiger partial charge in [-0.25, -0.2) is 0 Å². The minimum Gasteiger partial charge on any atom is -0.680 e. The zero-order valence-electron chi connectivity index (χ0n) is 20.3. The molecule has 170 valence electrons. The van der Waals surface area contributed by atoms with Gasteiger partial charge in [-0.1, -0.05) is 81.7 Å². The van der Waals surface area contributed by atoms with Gasteiger partial charge < -0.3 is 10.8 Å². The van der Waals surface area contributed by atoms with Gasteiger partial charge in [0.15, 0.2) is 0 Å². The first kappa shape index (κ1) is 30.3. The number of hydrogen-bond donors (Lipinski definition) is 0. The maximum Gasteiger partial charge on any atom is 2.00 e. The number of nitrogens with one attached hydrogen (secondary N) is 2. The molecular weight excluding hydrogens is 554 g/mol. The van der Waals surface area contributed by atoms with Crippen LogP contribution in [0.25, 0.3) is 32.3 Å². The Morgan fingerprint density at radius 1 is 0.581 bits per heavy atom. The Kier molecular flexibility index (Phi) is 13.5. The number of hydrogen-bond acceptors (Lipinski definition) is 0. The molecule has 0 heterocycles. The third kappa shape index (κ3) is 15.7. The van der Waals surface area contributed by atoms with Crippen LogP contribution in [-0.2, 0) is 0 Å². The van der Waals surface area contributed by atoms with E-state index in [2.05, 4.69) is 86.6 Å². The van der Waals surface area contributed by atoms with Gasteiger partial charge in [-0.05, 0) is 0 Å². The van der Waals surface area contributed by atoms with Crippen molar-refractivity contribution in [2.24, 2.45) is 0 Å². The zero-order valence-corrected chi connectivity index (χ0v) is 24.6. The second-order valence-electron chi connectivity index (χ2n) is 9.82. The van der Waals surface area contributed by atoms with Crippen LogP contribution >= 0.6 is 0 Å². The average Bonchev–Trinajstić information content (AvgIpc) is 3.12. The molecule has 4 aromatic rings. The van der Waals surface area contributed by atoms with Crippen molar-refractivity contribution in [3.05, 3.63) is 94.7 Å². The largest absolute Gasteiger partial charge is 2.00 e. The van der Waals surface area contributed by atoms with Gasteiger partial charge >= 0.3 is 39.9 Å². The fourth-order valence-corrected chi connectivity index (χ4v) is 2.61. The molecule has 2 nitrogen and oxygen atoms in total. The molecule has 0 saturated carbocycles. The second-order valence-corrected chi connectivity index (χ2v) is 18.8. The Morgan fingerprint density at radius 2 is 0.839 bits per heavy atom. The van der Waals surface area contributed by atoms with Crippen molar-refractivity contribution in [3.8, 4) is 0 Å². The van der Waals surface area contributed by atoms with E-state index in [-0.39, 0.29) is 39.9 Å². The molecule has 0 atom stereocenters. The molecule has 0 saturated heterocycles. The minimum absolute atomic E-state index is 0. The van der Waals surface area contributed by atoms with Crippen LogP contribution in [-0.4, -0.2) is 16.5 Å². The van der Waals surface area contributed by atoms with Crippen LogP contribution in [0.4, 0.5) is 0 Å². The van der Waals surface area contributed by atoms with E-state index in [4.69, 9.17) is 10.8 Å². The summed E-state index contributed by atoms with van der Waals surface area (Å²) in [7, 11) is -2.72. The Morgan fingerprint density at radius 3 is 1.10 bits per heavy atom. The second kappa shape index (κ2) is 13.8. The topological polar surface area (TPSA) is 47.6 Å². The number of aryl methyl sites for hydroxylation is 2. The summed E-state index contributed by atoms with van der Waals surface area (Å²) in [6, 6.07) is 25.7. The molecule has 2 N–H and O–H groups in total. The van der Waals surface area contributed by atoms with Crippen LogP contribution in [0.3, 0.4) is 0 Å². The molecule has 0 aliphatic heterocycles. The SMILES string of the molecule is C[Si](C)(C)[NH-].C[Si](C)(C)[NH-].Cc1cc2ccccc2[cH-]1.Cc1cc2ccccc2[cH-]1.[Gd+2]. The maximum absolute atomic E-state index is 7.08. The van der Waals surface area contributed by atoms with Gasteiger partial charge in [-0.3, -0.25) is 0 Å². The Bertz CT molecular complexity index is 859. The van der Waals surface area contributed by atoms with Gasteiger partial charge in [0.25, 0.3) is 0 Å². The Balaban J connectivity index is 0.000000407. The van der Waals surface area contributed by atoms with Gasteiger partial charge in [0.2, 0.25) is 0 Å². The average molecular weight is 592 g/mol. The van der Waals surface area contributed by atoms with E-state index in [1.165, 1.54) is 32.7 Å². The number of fused-ring (bicyclic) bond motifs is 2. The van der Waals surface area contributed by atoms with E-state index in [0.29, 0.717) is 0 Å². The Hall–Kier alpha value is -0.662. The summed E-state index contributed by atoms with van der Waals surface area (Å²) in [6.45, 7) is 16.2. The van der Waals surface area contributed by atoms with E-state index in [1.54, 1.807) is 0 Å². The molecular formula is C26H38GdN2Si2-2.